The third-order valence-electron chi connectivity index (χ3n) is 3.48. The minimum Gasteiger partial charge on any atom is -0.506 e. The summed E-state index contributed by atoms with van der Waals surface area (Å²) in [5.74, 6) is 0.611. The molecule has 0 unspecified atom stereocenters. The van der Waals surface area contributed by atoms with E-state index < -0.39 is 5.97 Å². The quantitative estimate of drug-likeness (QED) is 0.811. The number of ether oxygens (including phenoxy) is 1. The van der Waals surface area contributed by atoms with E-state index in [1.807, 2.05) is 0 Å². The first-order valence-electron chi connectivity index (χ1n) is 7.12. The molecular weight excluding hydrogens is 320 g/mol. The Hall–Kier alpha value is -2.41. The summed E-state index contributed by atoms with van der Waals surface area (Å²) in [5.41, 5.74) is 0.494. The Morgan fingerprint density at radius 3 is 2.91 bits per heavy atom. The van der Waals surface area contributed by atoms with E-state index in [1.54, 1.807) is 18.3 Å². The average Bonchev–Trinajstić information content (AvgIpc) is 3.39. The van der Waals surface area contributed by atoms with Crippen LogP contribution in [0.4, 0.5) is 5.82 Å². The van der Waals surface area contributed by atoms with Crippen LogP contribution in [0.15, 0.2) is 18.3 Å². The van der Waals surface area contributed by atoms with Gasteiger partial charge in [-0.05, 0) is 25.0 Å². The summed E-state index contributed by atoms with van der Waals surface area (Å²) in [4.78, 5) is 24.5. The lowest BCUT2D eigenvalue weighted by Gasteiger charge is -2.12. The first-order chi connectivity index (χ1) is 11.1. The Kier molecular flexibility index (Phi) is 4.29. The molecule has 2 heterocycles. The van der Waals surface area contributed by atoms with Crippen molar-refractivity contribution in [1.29, 1.82) is 0 Å². The Balaban J connectivity index is 1.89. The number of rotatable bonds is 5. The van der Waals surface area contributed by atoms with Crippen LogP contribution in [0.3, 0.4) is 0 Å². The SMILES string of the molecule is COC(=O)c1nc(C2CC2)nc(NCc2ncccc2O)c1Cl. The number of halogens is 1. The van der Waals surface area contributed by atoms with Crippen LogP contribution in [-0.4, -0.2) is 33.1 Å². The number of hydrogen-bond donors (Lipinski definition) is 2. The Morgan fingerprint density at radius 1 is 1.48 bits per heavy atom. The van der Waals surface area contributed by atoms with Crippen molar-refractivity contribution >= 4 is 23.4 Å². The predicted octanol–water partition coefficient (Wildman–Crippen LogP) is 2.51. The van der Waals surface area contributed by atoms with Crippen LogP contribution in [0.1, 0.15) is 40.8 Å². The minimum absolute atomic E-state index is 0.0406. The highest BCUT2D eigenvalue weighted by Gasteiger charge is 2.30. The number of aromatic nitrogens is 3. The van der Waals surface area contributed by atoms with Gasteiger partial charge in [-0.15, -0.1) is 0 Å². The number of aromatic hydroxyl groups is 1. The molecule has 7 nitrogen and oxygen atoms in total. The lowest BCUT2D eigenvalue weighted by Crippen LogP contribution is -2.13. The predicted molar refractivity (Wildman–Crippen MR) is 83.6 cm³/mol. The number of pyridine rings is 1. The van der Waals surface area contributed by atoms with Gasteiger partial charge in [-0.1, -0.05) is 11.6 Å². The lowest BCUT2D eigenvalue weighted by molar-refractivity contribution is 0.0593. The molecule has 120 valence electrons. The second kappa shape index (κ2) is 6.37. The molecule has 0 bridgehead atoms. The van der Waals surface area contributed by atoms with Gasteiger partial charge in [-0.25, -0.2) is 14.8 Å². The first kappa shape index (κ1) is 15.5. The van der Waals surface area contributed by atoms with Gasteiger partial charge in [0.1, 0.15) is 28.1 Å². The highest BCUT2D eigenvalue weighted by Crippen LogP contribution is 2.39. The highest BCUT2D eigenvalue weighted by atomic mass is 35.5. The molecular formula is C15H15ClN4O3. The molecule has 2 N–H and O–H groups in total. The van der Waals surface area contributed by atoms with Crippen LogP contribution in [0.25, 0.3) is 0 Å². The zero-order valence-corrected chi connectivity index (χ0v) is 13.2. The zero-order valence-electron chi connectivity index (χ0n) is 12.4. The van der Waals surface area contributed by atoms with E-state index in [0.717, 1.165) is 12.8 Å². The van der Waals surface area contributed by atoms with Crippen molar-refractivity contribution in [1.82, 2.24) is 15.0 Å². The molecule has 0 saturated heterocycles. The van der Waals surface area contributed by atoms with Gasteiger partial charge in [0.25, 0.3) is 0 Å². The van der Waals surface area contributed by atoms with Crippen LogP contribution in [0.2, 0.25) is 5.02 Å². The number of esters is 1. The molecule has 0 atom stereocenters. The van der Waals surface area contributed by atoms with Crippen molar-refractivity contribution in [2.24, 2.45) is 0 Å². The minimum atomic E-state index is -0.608. The Labute approximate surface area is 137 Å². The van der Waals surface area contributed by atoms with Gasteiger partial charge < -0.3 is 15.2 Å². The van der Waals surface area contributed by atoms with Gasteiger partial charge in [-0.2, -0.15) is 0 Å². The smallest absolute Gasteiger partial charge is 0.358 e. The van der Waals surface area contributed by atoms with Gasteiger partial charge in [0.15, 0.2) is 5.69 Å². The van der Waals surface area contributed by atoms with Gasteiger partial charge in [0.05, 0.1) is 13.7 Å². The maximum atomic E-state index is 11.8. The van der Waals surface area contributed by atoms with Gasteiger partial charge in [0, 0.05) is 12.1 Å². The van der Waals surface area contributed by atoms with E-state index in [4.69, 9.17) is 16.3 Å². The van der Waals surface area contributed by atoms with E-state index in [0.29, 0.717) is 17.3 Å². The molecule has 0 aliphatic heterocycles. The van der Waals surface area contributed by atoms with E-state index >= 15 is 0 Å². The summed E-state index contributed by atoms with van der Waals surface area (Å²) in [6, 6.07) is 3.18. The molecule has 1 aliphatic carbocycles. The fraction of sp³-hybridized carbons (Fsp3) is 0.333. The molecule has 8 heteroatoms. The molecule has 23 heavy (non-hydrogen) atoms. The third-order valence-corrected chi connectivity index (χ3v) is 3.84. The fourth-order valence-electron chi connectivity index (χ4n) is 2.07. The maximum absolute atomic E-state index is 11.8. The van der Waals surface area contributed by atoms with Crippen LogP contribution >= 0.6 is 11.6 Å². The molecule has 0 aromatic carbocycles. The summed E-state index contributed by atoms with van der Waals surface area (Å²) >= 11 is 6.21. The molecule has 2 aromatic heterocycles. The number of nitrogens with one attached hydrogen (secondary N) is 1. The third kappa shape index (κ3) is 3.34. The van der Waals surface area contributed by atoms with Crippen molar-refractivity contribution in [3.63, 3.8) is 0 Å². The standard InChI is InChI=1S/C15H15ClN4O3/c1-23-15(22)12-11(16)14(20-13(19-12)8-4-5-8)18-7-9-10(21)3-2-6-17-9/h2-3,6,8,21H,4-5,7H2,1H3,(H,18,19,20). The number of nitrogens with zero attached hydrogens (tertiary/aromatic N) is 3. The van der Waals surface area contributed by atoms with Crippen molar-refractivity contribution in [3.05, 3.63) is 40.6 Å². The number of hydrogen-bond acceptors (Lipinski definition) is 7. The summed E-state index contributed by atoms with van der Waals surface area (Å²) in [7, 11) is 1.27. The zero-order chi connectivity index (χ0) is 16.4. The van der Waals surface area contributed by atoms with E-state index in [2.05, 4.69) is 20.3 Å². The number of methoxy groups -OCH3 is 1. The molecule has 0 radical (unpaired) electrons. The fourth-order valence-corrected chi connectivity index (χ4v) is 2.30. The summed E-state index contributed by atoms with van der Waals surface area (Å²) in [5, 5.41) is 12.8. The maximum Gasteiger partial charge on any atom is 0.358 e. The molecule has 2 aromatic rings. The largest absolute Gasteiger partial charge is 0.506 e. The first-order valence-corrected chi connectivity index (χ1v) is 7.50. The Morgan fingerprint density at radius 2 is 2.26 bits per heavy atom. The van der Waals surface area contributed by atoms with Crippen LogP contribution in [-0.2, 0) is 11.3 Å². The second-order valence-corrected chi connectivity index (χ2v) is 5.56. The van der Waals surface area contributed by atoms with Crippen molar-refractivity contribution in [2.75, 3.05) is 12.4 Å². The van der Waals surface area contributed by atoms with Gasteiger partial charge in [-0.3, -0.25) is 4.98 Å². The second-order valence-electron chi connectivity index (χ2n) is 5.18. The topological polar surface area (TPSA) is 97.2 Å². The summed E-state index contributed by atoms with van der Waals surface area (Å²) < 4.78 is 4.72. The van der Waals surface area contributed by atoms with E-state index in [1.165, 1.54) is 7.11 Å². The highest BCUT2D eigenvalue weighted by molar-refractivity contribution is 6.35. The van der Waals surface area contributed by atoms with Crippen LogP contribution < -0.4 is 5.32 Å². The van der Waals surface area contributed by atoms with Crippen molar-refractivity contribution < 1.29 is 14.6 Å². The molecule has 1 aliphatic rings. The van der Waals surface area contributed by atoms with Crippen LogP contribution in [0.5, 0.6) is 5.75 Å². The lowest BCUT2D eigenvalue weighted by atomic mass is 10.3. The van der Waals surface area contributed by atoms with Crippen LogP contribution in [0, 0.1) is 0 Å². The van der Waals surface area contributed by atoms with Crippen molar-refractivity contribution in [2.45, 2.75) is 25.3 Å². The van der Waals surface area contributed by atoms with E-state index in [9.17, 15) is 9.90 Å². The van der Waals surface area contributed by atoms with Crippen molar-refractivity contribution in [3.8, 4) is 5.75 Å². The average molecular weight is 335 g/mol. The van der Waals surface area contributed by atoms with Gasteiger partial charge in [0.2, 0.25) is 0 Å². The van der Waals surface area contributed by atoms with Gasteiger partial charge >= 0.3 is 5.97 Å². The monoisotopic (exact) mass is 334 g/mol. The van der Waals surface area contributed by atoms with E-state index in [-0.39, 0.29) is 28.9 Å². The molecule has 1 fully saturated rings. The normalized spacial score (nSPS) is 13.7. The number of carbonyl (C=O) groups excluding carboxylic acids is 1. The molecule has 1 saturated carbocycles. The Bertz CT molecular complexity index is 749. The number of carbonyl (C=O) groups is 1. The summed E-state index contributed by atoms with van der Waals surface area (Å²) in [6.45, 7) is 0.216. The number of anilines is 1. The summed E-state index contributed by atoms with van der Waals surface area (Å²) in [6.07, 6.45) is 3.55. The molecule has 0 amide bonds. The molecule has 0 spiro atoms. The molecule has 3 rings (SSSR count).